The normalized spacial score (nSPS) is 15.3. The van der Waals surface area contributed by atoms with E-state index in [-0.39, 0.29) is 0 Å². The maximum Gasteiger partial charge on any atom is 0.435 e. The van der Waals surface area contributed by atoms with E-state index in [0.29, 0.717) is 6.07 Å². The minimum Gasteiger partial charge on any atom is -0.421 e. The molecule has 0 saturated carbocycles. The highest BCUT2D eigenvalue weighted by Crippen LogP contribution is 2.97. The summed E-state index contributed by atoms with van der Waals surface area (Å²) in [7, 11) is -8.97. The van der Waals surface area contributed by atoms with Crippen molar-refractivity contribution < 1.29 is 37.9 Å². The van der Waals surface area contributed by atoms with E-state index in [2.05, 4.69) is 13.7 Å². The molecule has 0 atom stereocenters. The quantitative estimate of drug-likeness (QED) is 0.471. The number of ether oxygens (including phenoxy) is 2. The molecule has 0 fully saturated rings. The van der Waals surface area contributed by atoms with Gasteiger partial charge in [0.15, 0.2) is 11.5 Å². The van der Waals surface area contributed by atoms with Gasteiger partial charge >= 0.3 is 16.5 Å². The van der Waals surface area contributed by atoms with Crippen LogP contribution >= 0.6 is 10.5 Å². The molecule has 0 amide bonds. The van der Waals surface area contributed by atoms with Gasteiger partial charge in [0, 0.05) is 7.11 Å². The largest absolute Gasteiger partial charge is 0.435 e. The smallest absolute Gasteiger partial charge is 0.421 e. The number of carbonyl (C=O) groups is 1. The molecule has 0 aliphatic carbocycles. The van der Waals surface area contributed by atoms with Crippen molar-refractivity contribution >= 4 is 16.5 Å². The molecule has 19 heavy (non-hydrogen) atoms. The van der Waals surface area contributed by atoms with Gasteiger partial charge in [-0.05, 0) is 12.1 Å². The summed E-state index contributed by atoms with van der Waals surface area (Å²) in [5, 5.41) is 0. The number of hydrogen-bond acceptors (Lipinski definition) is 4. The molecule has 0 bridgehead atoms. The van der Waals surface area contributed by atoms with Gasteiger partial charge in [0.2, 0.25) is 0 Å². The molecule has 1 aromatic rings. The van der Waals surface area contributed by atoms with Crippen molar-refractivity contribution in [2.24, 2.45) is 0 Å². The van der Waals surface area contributed by atoms with Crippen molar-refractivity contribution in [3.05, 3.63) is 24.3 Å². The number of carbonyl (C=O) groups excluding carboxylic acids is 1. The van der Waals surface area contributed by atoms with E-state index < -0.39 is 34.6 Å². The van der Waals surface area contributed by atoms with Gasteiger partial charge in [0.25, 0.3) is 0 Å². The van der Waals surface area contributed by atoms with E-state index in [4.69, 9.17) is 0 Å². The summed E-state index contributed by atoms with van der Waals surface area (Å²) >= 11 is 0. The van der Waals surface area contributed by atoms with E-state index in [0.717, 1.165) is 19.2 Å². The molecule has 1 aromatic carbocycles. The van der Waals surface area contributed by atoms with Crippen LogP contribution in [0, 0.1) is 0 Å². The molecule has 0 heterocycles. The first-order valence-corrected chi connectivity index (χ1v) is 6.51. The third kappa shape index (κ3) is 6.25. The molecule has 0 unspecified atom stereocenters. The van der Waals surface area contributed by atoms with Crippen molar-refractivity contribution in [1.29, 1.82) is 0 Å². The summed E-state index contributed by atoms with van der Waals surface area (Å²) in [4.78, 5) is 11.0. The number of methoxy groups -OCH3 is 1. The molecule has 0 aliphatic heterocycles. The van der Waals surface area contributed by atoms with Crippen LogP contribution in [-0.2, 0) is 9.53 Å². The molecule has 0 N–H and O–H groups in total. The van der Waals surface area contributed by atoms with Crippen LogP contribution in [0.3, 0.4) is 0 Å². The van der Waals surface area contributed by atoms with Crippen LogP contribution in [0.4, 0.5) is 19.4 Å². The summed E-state index contributed by atoms with van der Waals surface area (Å²) in [6.45, 7) is -0.551. The van der Waals surface area contributed by atoms with Gasteiger partial charge in [-0.1, -0.05) is 31.6 Å². The molecule has 4 nitrogen and oxygen atoms in total. The molecule has 0 spiro atoms. The number of hydrogen-bond donors (Lipinski definition) is 0. The van der Waals surface area contributed by atoms with Gasteiger partial charge < -0.3 is 13.7 Å². The lowest BCUT2D eigenvalue weighted by atomic mass is 10.3. The molecule has 0 aliphatic rings. The number of esters is 1. The van der Waals surface area contributed by atoms with Crippen LogP contribution in [0.25, 0.3) is 0 Å². The fourth-order valence-electron chi connectivity index (χ4n) is 1.04. The van der Waals surface area contributed by atoms with Gasteiger partial charge in [-0.3, -0.25) is 0 Å². The van der Waals surface area contributed by atoms with Crippen molar-refractivity contribution in [2.45, 2.75) is 0 Å². The zero-order chi connectivity index (χ0) is 14.8. The monoisotopic (exact) mass is 308 g/mol. The second-order valence-corrected chi connectivity index (χ2v) is 5.30. The first-order valence-electron chi connectivity index (χ1n) is 4.63. The standard InChI is InChI=1S/C9H9F5O4S/c1-16-6-9(15)17-7-4-2-3-5-8(7)18-19(10,11,12,13)14/h2-5H,6H2,1H3. The summed E-state index contributed by atoms with van der Waals surface area (Å²) in [6, 6.07) is 3.69. The SMILES string of the molecule is COCC(=O)Oc1ccccc1OS(F)(F)(F)(F)F. The van der Waals surface area contributed by atoms with Crippen LogP contribution < -0.4 is 8.92 Å². The molecule has 0 radical (unpaired) electrons. The fraction of sp³-hybridized carbons (Fsp3) is 0.222. The first kappa shape index (κ1) is 15.5. The maximum atomic E-state index is 12.2. The summed E-state index contributed by atoms with van der Waals surface area (Å²) < 4.78 is 72.5. The Bertz CT molecular complexity index is 486. The minimum absolute atomic E-state index is 0.551. The lowest BCUT2D eigenvalue weighted by molar-refractivity contribution is -0.138. The molecule has 0 aromatic heterocycles. The molecule has 1 rings (SSSR count). The minimum atomic E-state index is -10.1. The van der Waals surface area contributed by atoms with E-state index >= 15 is 0 Å². The Morgan fingerprint density at radius 1 is 1.11 bits per heavy atom. The molecule has 10 heteroatoms. The molecule has 0 saturated heterocycles. The van der Waals surface area contributed by atoms with Crippen molar-refractivity contribution in [2.75, 3.05) is 13.7 Å². The van der Waals surface area contributed by atoms with Gasteiger partial charge in [0.05, 0.1) is 0 Å². The zero-order valence-corrected chi connectivity index (χ0v) is 10.3. The summed E-state index contributed by atoms with van der Waals surface area (Å²) in [6.07, 6.45) is 0. The van der Waals surface area contributed by atoms with Crippen LogP contribution in [-0.4, -0.2) is 19.7 Å². The van der Waals surface area contributed by atoms with Gasteiger partial charge in [0.1, 0.15) is 6.61 Å². The zero-order valence-electron chi connectivity index (χ0n) is 9.45. The van der Waals surface area contributed by atoms with Crippen LogP contribution in [0.15, 0.2) is 24.3 Å². The number of halogens is 5. The average molecular weight is 308 g/mol. The van der Waals surface area contributed by atoms with Crippen LogP contribution in [0.5, 0.6) is 11.5 Å². The number of benzene rings is 1. The van der Waals surface area contributed by atoms with Gasteiger partial charge in [-0.2, -0.15) is 0 Å². The van der Waals surface area contributed by atoms with E-state index in [9.17, 15) is 24.2 Å². The summed E-state index contributed by atoms with van der Waals surface area (Å²) in [5.74, 6) is -3.13. The van der Waals surface area contributed by atoms with Crippen molar-refractivity contribution in [3.8, 4) is 11.5 Å². The Morgan fingerprint density at radius 3 is 2.11 bits per heavy atom. The predicted molar refractivity (Wildman–Crippen MR) is 57.7 cm³/mol. The second kappa shape index (κ2) is 4.23. The lowest BCUT2D eigenvalue weighted by Crippen LogP contribution is -2.17. The Hall–Kier alpha value is -1.55. The van der Waals surface area contributed by atoms with Gasteiger partial charge in [-0.25, -0.2) is 4.79 Å². The maximum absolute atomic E-state index is 12.2. The van der Waals surface area contributed by atoms with Crippen molar-refractivity contribution in [3.63, 3.8) is 0 Å². The Morgan fingerprint density at radius 2 is 1.63 bits per heavy atom. The first-order chi connectivity index (χ1) is 8.40. The Kier molecular flexibility index (Phi) is 3.46. The third-order valence-electron chi connectivity index (χ3n) is 1.58. The van der Waals surface area contributed by atoms with E-state index in [1.807, 2.05) is 0 Å². The Balaban J connectivity index is 3.01. The van der Waals surface area contributed by atoms with E-state index in [1.54, 1.807) is 0 Å². The lowest BCUT2D eigenvalue weighted by Gasteiger charge is -2.39. The average Bonchev–Trinajstić information content (AvgIpc) is 2.17. The topological polar surface area (TPSA) is 44.8 Å². The number of rotatable bonds is 5. The third-order valence-corrected chi connectivity index (χ3v) is 2.08. The van der Waals surface area contributed by atoms with Crippen LogP contribution in [0.1, 0.15) is 0 Å². The Labute approximate surface area is 105 Å². The highest BCUT2D eigenvalue weighted by molar-refractivity contribution is 8.42. The molecular formula is C9H9F5O4S. The highest BCUT2D eigenvalue weighted by atomic mass is 32.5. The fourth-order valence-corrected chi connectivity index (χ4v) is 1.52. The number of para-hydroxylation sites is 2. The van der Waals surface area contributed by atoms with Crippen LogP contribution in [0.2, 0.25) is 0 Å². The second-order valence-electron chi connectivity index (χ2n) is 3.34. The molecule has 110 valence electrons. The van der Waals surface area contributed by atoms with Crippen molar-refractivity contribution in [1.82, 2.24) is 0 Å². The van der Waals surface area contributed by atoms with E-state index in [1.165, 1.54) is 6.07 Å². The summed E-state index contributed by atoms with van der Waals surface area (Å²) in [5.41, 5.74) is 0. The van der Waals surface area contributed by atoms with Gasteiger partial charge in [-0.15, -0.1) is 0 Å². The molecular weight excluding hydrogens is 299 g/mol. The predicted octanol–water partition coefficient (Wildman–Crippen LogP) is 3.83. The highest BCUT2D eigenvalue weighted by Gasteiger charge is 2.67.